The van der Waals surface area contributed by atoms with E-state index in [-0.39, 0.29) is 11.6 Å². The number of H-pyrrole nitrogens is 1. The minimum Gasteiger partial charge on any atom is -0.274 e. The Morgan fingerprint density at radius 2 is 1.54 bits per heavy atom. The zero-order valence-electron chi connectivity index (χ0n) is 19.8. The number of rotatable bonds is 8. The highest BCUT2D eigenvalue weighted by molar-refractivity contribution is 5.80. The van der Waals surface area contributed by atoms with Crippen LogP contribution in [0.4, 0.5) is 0 Å². The van der Waals surface area contributed by atoms with Gasteiger partial charge in [0.2, 0.25) is 5.82 Å². The molecule has 0 saturated carbocycles. The van der Waals surface area contributed by atoms with Crippen LogP contribution < -0.4 is 5.69 Å². The van der Waals surface area contributed by atoms with E-state index in [1.54, 1.807) is 9.25 Å². The molecular formula is C27H27N7O. The van der Waals surface area contributed by atoms with Crippen molar-refractivity contribution in [2.24, 2.45) is 0 Å². The van der Waals surface area contributed by atoms with Gasteiger partial charge in [-0.1, -0.05) is 92.7 Å². The number of nitrogens with zero attached hydrogens (tertiary/aromatic N) is 6. The molecule has 0 aliphatic heterocycles. The summed E-state index contributed by atoms with van der Waals surface area (Å²) in [5.74, 6) is 1.56. The molecule has 2 heterocycles. The zero-order valence-corrected chi connectivity index (χ0v) is 19.8. The lowest BCUT2D eigenvalue weighted by atomic mass is 9.98. The molecule has 0 spiro atoms. The first-order valence-electron chi connectivity index (χ1n) is 11.8. The van der Waals surface area contributed by atoms with Gasteiger partial charge in [-0.05, 0) is 33.9 Å². The van der Waals surface area contributed by atoms with Gasteiger partial charge >= 0.3 is 5.69 Å². The lowest BCUT2D eigenvalue weighted by molar-refractivity contribution is 0.607. The number of nitrogens with one attached hydrogen (secondary N) is 1. The molecular weight excluding hydrogens is 438 g/mol. The highest BCUT2D eigenvalue weighted by Gasteiger charge is 2.18. The molecule has 0 aliphatic carbocycles. The van der Waals surface area contributed by atoms with Crippen LogP contribution in [0.1, 0.15) is 43.1 Å². The number of benzene rings is 3. The Labute approximate surface area is 203 Å². The first-order valence-corrected chi connectivity index (χ1v) is 11.8. The van der Waals surface area contributed by atoms with Crippen molar-refractivity contribution in [3.05, 3.63) is 106 Å². The van der Waals surface area contributed by atoms with E-state index >= 15 is 0 Å². The van der Waals surface area contributed by atoms with Gasteiger partial charge in [0.25, 0.3) is 0 Å². The molecule has 0 aliphatic rings. The topological polar surface area (TPSA) is 94.3 Å². The van der Waals surface area contributed by atoms with Gasteiger partial charge in [0, 0.05) is 11.5 Å². The maximum Gasteiger partial charge on any atom is 0.346 e. The minimum atomic E-state index is -0.0873. The van der Waals surface area contributed by atoms with E-state index in [4.69, 9.17) is 5.10 Å². The lowest BCUT2D eigenvalue weighted by Gasteiger charge is -2.11. The molecule has 0 amide bonds. The van der Waals surface area contributed by atoms with E-state index in [1.165, 1.54) is 0 Å². The van der Waals surface area contributed by atoms with Crippen LogP contribution in [0.2, 0.25) is 0 Å². The van der Waals surface area contributed by atoms with E-state index < -0.39 is 0 Å². The third-order valence-electron chi connectivity index (χ3n) is 6.30. The summed E-state index contributed by atoms with van der Waals surface area (Å²) in [6, 6.07) is 26.2. The largest absolute Gasteiger partial charge is 0.346 e. The van der Waals surface area contributed by atoms with E-state index in [2.05, 4.69) is 58.7 Å². The summed E-state index contributed by atoms with van der Waals surface area (Å²) in [6.07, 6.45) is 0.910. The van der Waals surface area contributed by atoms with Crippen LogP contribution in [0.15, 0.2) is 83.7 Å². The highest BCUT2D eigenvalue weighted by atomic mass is 16.2. The summed E-state index contributed by atoms with van der Waals surface area (Å²) < 4.78 is 3.38. The molecule has 0 fully saturated rings. The Hall–Kier alpha value is -4.33. The fourth-order valence-electron chi connectivity index (χ4n) is 4.19. The quantitative estimate of drug-likeness (QED) is 0.364. The number of hydrogen-bond acceptors (Lipinski definition) is 5. The number of hydrogen-bond donors (Lipinski definition) is 1. The van der Waals surface area contributed by atoms with Gasteiger partial charge in [-0.2, -0.15) is 10.3 Å². The normalized spacial score (nSPS) is 12.1. The van der Waals surface area contributed by atoms with Crippen molar-refractivity contribution in [1.29, 1.82) is 0 Å². The van der Waals surface area contributed by atoms with Crippen LogP contribution in [-0.2, 0) is 13.1 Å². The van der Waals surface area contributed by atoms with Crippen molar-refractivity contribution in [3.8, 4) is 22.5 Å². The summed E-state index contributed by atoms with van der Waals surface area (Å²) in [5.41, 5.74) is 4.98. The van der Waals surface area contributed by atoms with E-state index in [1.807, 2.05) is 54.6 Å². The predicted octanol–water partition coefficient (Wildman–Crippen LogP) is 4.50. The van der Waals surface area contributed by atoms with E-state index in [9.17, 15) is 4.79 Å². The Balaban J connectivity index is 1.45. The van der Waals surface area contributed by atoms with E-state index in [0.29, 0.717) is 18.9 Å². The van der Waals surface area contributed by atoms with Crippen molar-refractivity contribution in [3.63, 3.8) is 0 Å². The van der Waals surface area contributed by atoms with Gasteiger partial charge in [-0.3, -0.25) is 4.57 Å². The van der Waals surface area contributed by atoms with Crippen LogP contribution >= 0.6 is 0 Å². The Morgan fingerprint density at radius 1 is 0.857 bits per heavy atom. The summed E-state index contributed by atoms with van der Waals surface area (Å²) in [7, 11) is 0. The summed E-state index contributed by atoms with van der Waals surface area (Å²) in [4.78, 5) is 13.3. The van der Waals surface area contributed by atoms with Crippen LogP contribution in [0.5, 0.6) is 0 Å². The fourth-order valence-corrected chi connectivity index (χ4v) is 4.19. The first kappa shape index (κ1) is 22.5. The molecule has 1 unspecified atom stereocenters. The van der Waals surface area contributed by atoms with Gasteiger partial charge in [-0.25, -0.2) is 9.48 Å². The fraction of sp³-hybridized carbons (Fsp3) is 0.222. The van der Waals surface area contributed by atoms with Crippen LogP contribution in [0.25, 0.3) is 22.5 Å². The van der Waals surface area contributed by atoms with Crippen molar-refractivity contribution in [1.82, 2.24) is 35.0 Å². The molecule has 1 atom stereocenters. The maximum absolute atomic E-state index is 13.3. The average molecular weight is 466 g/mol. The molecule has 0 bridgehead atoms. The van der Waals surface area contributed by atoms with Gasteiger partial charge in [0.05, 0.1) is 13.1 Å². The van der Waals surface area contributed by atoms with Crippen LogP contribution in [0.3, 0.4) is 0 Å². The number of tetrazole rings is 1. The standard InChI is InChI=1S/C27H27N7O/c1-3-19(2)26-30-34(18-20-9-5-4-6-10-20)27(35)33(26)17-21-13-15-22(16-14-21)23-11-7-8-12-24(23)25-28-31-32-29-25/h4-16,19H,3,17-18H2,1-2H3,(H,28,29,31,32). The average Bonchev–Trinajstić information content (AvgIpc) is 3.54. The molecule has 3 aromatic carbocycles. The molecule has 8 heteroatoms. The van der Waals surface area contributed by atoms with E-state index in [0.717, 1.165) is 40.1 Å². The molecule has 1 N–H and O–H groups in total. The molecule has 0 saturated heterocycles. The minimum absolute atomic E-state index is 0.0873. The van der Waals surface area contributed by atoms with Crippen LogP contribution in [-0.4, -0.2) is 35.0 Å². The Morgan fingerprint density at radius 3 is 2.23 bits per heavy atom. The second-order valence-electron chi connectivity index (χ2n) is 8.66. The molecule has 176 valence electrons. The summed E-state index contributed by atoms with van der Waals surface area (Å²) in [5, 5.41) is 19.2. The van der Waals surface area contributed by atoms with Crippen LogP contribution in [0, 0.1) is 0 Å². The second kappa shape index (κ2) is 9.89. The molecule has 8 nitrogen and oxygen atoms in total. The second-order valence-corrected chi connectivity index (χ2v) is 8.66. The van der Waals surface area contributed by atoms with Crippen molar-refractivity contribution < 1.29 is 0 Å². The molecule has 2 aromatic heterocycles. The van der Waals surface area contributed by atoms with Gasteiger partial charge in [-0.15, -0.1) is 10.2 Å². The first-order chi connectivity index (χ1) is 17.1. The SMILES string of the molecule is CCC(C)c1nn(Cc2ccccc2)c(=O)n1Cc1ccc(-c2ccccc2-c2nn[nH]n2)cc1. The van der Waals surface area contributed by atoms with Crippen molar-refractivity contribution >= 4 is 0 Å². The predicted molar refractivity (Wildman–Crippen MR) is 135 cm³/mol. The molecule has 5 aromatic rings. The third-order valence-corrected chi connectivity index (χ3v) is 6.30. The lowest BCUT2D eigenvalue weighted by Crippen LogP contribution is -2.26. The Bertz CT molecular complexity index is 1450. The van der Waals surface area contributed by atoms with Gasteiger partial charge < -0.3 is 0 Å². The zero-order chi connectivity index (χ0) is 24.2. The maximum atomic E-state index is 13.3. The number of aromatic nitrogens is 7. The summed E-state index contributed by atoms with van der Waals surface area (Å²) >= 11 is 0. The summed E-state index contributed by atoms with van der Waals surface area (Å²) in [6.45, 7) is 5.16. The highest BCUT2D eigenvalue weighted by Crippen LogP contribution is 2.30. The van der Waals surface area contributed by atoms with Gasteiger partial charge in [0.15, 0.2) is 0 Å². The third kappa shape index (κ3) is 4.68. The monoisotopic (exact) mass is 465 g/mol. The van der Waals surface area contributed by atoms with Crippen molar-refractivity contribution in [2.75, 3.05) is 0 Å². The molecule has 0 radical (unpaired) electrons. The molecule has 35 heavy (non-hydrogen) atoms. The molecule has 5 rings (SSSR count). The van der Waals surface area contributed by atoms with Crippen molar-refractivity contribution in [2.45, 2.75) is 39.3 Å². The Kier molecular flexibility index (Phi) is 6.34. The smallest absolute Gasteiger partial charge is 0.274 e. The van der Waals surface area contributed by atoms with Gasteiger partial charge in [0.1, 0.15) is 5.82 Å². The number of aromatic amines is 1.